The lowest BCUT2D eigenvalue weighted by Gasteiger charge is -1.98. The number of nitrogen functional groups attached to an aromatic ring is 1. The maximum atomic E-state index is 11.9. The van der Waals surface area contributed by atoms with E-state index in [9.17, 15) is 4.79 Å². The number of fused-ring (bicyclic) bond motifs is 1. The lowest BCUT2D eigenvalue weighted by atomic mass is 10.1. The molecule has 0 radical (unpaired) electrons. The predicted molar refractivity (Wildman–Crippen MR) is 74.2 cm³/mol. The van der Waals surface area contributed by atoms with E-state index in [1.54, 1.807) is 17.4 Å². The summed E-state index contributed by atoms with van der Waals surface area (Å²) in [5.74, 6) is 0.447. The monoisotopic (exact) mass is 257 g/mol. The number of nitrogens with one attached hydrogen (secondary N) is 1. The Kier molecular flexibility index (Phi) is 2.41. The Morgan fingerprint density at radius 1 is 1.44 bits per heavy atom. The fourth-order valence-corrected chi connectivity index (χ4v) is 2.73. The number of pyridine rings is 1. The summed E-state index contributed by atoms with van der Waals surface area (Å²) in [6.07, 6.45) is 3.41. The molecule has 3 rings (SSSR count). The van der Waals surface area contributed by atoms with Crippen molar-refractivity contribution in [3.8, 4) is 0 Å². The Bertz CT molecular complexity index is 673. The van der Waals surface area contributed by atoms with Gasteiger partial charge in [0.1, 0.15) is 5.82 Å². The van der Waals surface area contributed by atoms with Gasteiger partial charge in [-0.05, 0) is 36.1 Å². The second-order valence-corrected chi connectivity index (χ2v) is 5.15. The number of nitrogens with two attached hydrogens (primary N) is 1. The molecule has 1 amide bonds. The molecule has 0 aliphatic carbocycles. The maximum absolute atomic E-state index is 11.9. The molecule has 90 valence electrons. The van der Waals surface area contributed by atoms with Crippen LogP contribution in [0.3, 0.4) is 0 Å². The molecule has 18 heavy (non-hydrogen) atoms. The number of anilines is 2. The van der Waals surface area contributed by atoms with Gasteiger partial charge in [-0.1, -0.05) is 0 Å². The van der Waals surface area contributed by atoms with Gasteiger partial charge < -0.3 is 11.1 Å². The number of hydrogen-bond acceptors (Lipinski definition) is 4. The second-order valence-electron chi connectivity index (χ2n) is 4.20. The standard InChI is InChI=1S/C13H11N3OS/c1-7-2-9(18-6-7)4-11-10-3-8(14)5-15-12(10)16-13(11)17/h2-6H,14H2,1H3,(H,15,16,17). The average Bonchev–Trinajstić information content (AvgIpc) is 2.86. The smallest absolute Gasteiger partial charge is 0.257 e. The molecule has 5 heteroatoms. The molecule has 0 saturated heterocycles. The van der Waals surface area contributed by atoms with Gasteiger partial charge in [-0.3, -0.25) is 4.79 Å². The molecule has 4 nitrogen and oxygen atoms in total. The topological polar surface area (TPSA) is 68.0 Å². The van der Waals surface area contributed by atoms with Crippen molar-refractivity contribution < 1.29 is 4.79 Å². The minimum atomic E-state index is -0.130. The summed E-state index contributed by atoms with van der Waals surface area (Å²) >= 11 is 1.61. The number of hydrogen-bond donors (Lipinski definition) is 2. The number of thiophene rings is 1. The Hall–Kier alpha value is -2.14. The van der Waals surface area contributed by atoms with E-state index in [2.05, 4.69) is 15.7 Å². The van der Waals surface area contributed by atoms with Crippen LogP contribution >= 0.6 is 11.3 Å². The first kappa shape index (κ1) is 11.0. The molecule has 0 aromatic carbocycles. The van der Waals surface area contributed by atoms with Gasteiger partial charge in [-0.2, -0.15) is 0 Å². The van der Waals surface area contributed by atoms with E-state index in [1.807, 2.05) is 19.1 Å². The van der Waals surface area contributed by atoms with E-state index in [0.29, 0.717) is 17.1 Å². The summed E-state index contributed by atoms with van der Waals surface area (Å²) < 4.78 is 0. The van der Waals surface area contributed by atoms with Crippen LogP contribution in [-0.4, -0.2) is 10.9 Å². The molecule has 0 unspecified atom stereocenters. The normalized spacial score (nSPS) is 15.8. The predicted octanol–water partition coefficient (Wildman–Crippen LogP) is 2.53. The minimum Gasteiger partial charge on any atom is -0.397 e. The van der Waals surface area contributed by atoms with Crippen LogP contribution in [0.2, 0.25) is 0 Å². The van der Waals surface area contributed by atoms with Crippen LogP contribution in [-0.2, 0) is 4.79 Å². The van der Waals surface area contributed by atoms with Crippen molar-refractivity contribution in [1.29, 1.82) is 0 Å². The molecule has 0 fully saturated rings. The van der Waals surface area contributed by atoms with Crippen LogP contribution in [0.5, 0.6) is 0 Å². The number of aromatic nitrogens is 1. The molecule has 0 atom stereocenters. The summed E-state index contributed by atoms with van der Waals surface area (Å²) in [5.41, 5.74) is 8.84. The van der Waals surface area contributed by atoms with Gasteiger partial charge >= 0.3 is 0 Å². The van der Waals surface area contributed by atoms with Crippen molar-refractivity contribution in [2.45, 2.75) is 6.92 Å². The highest BCUT2D eigenvalue weighted by atomic mass is 32.1. The molecule has 2 aromatic rings. The molecule has 2 aromatic heterocycles. The van der Waals surface area contributed by atoms with Gasteiger partial charge in [0, 0.05) is 10.4 Å². The van der Waals surface area contributed by atoms with Crippen molar-refractivity contribution in [2.24, 2.45) is 0 Å². The quantitative estimate of drug-likeness (QED) is 0.771. The van der Waals surface area contributed by atoms with Crippen LogP contribution in [0.15, 0.2) is 23.7 Å². The van der Waals surface area contributed by atoms with E-state index in [0.717, 1.165) is 10.4 Å². The molecule has 1 aliphatic rings. The third-order valence-electron chi connectivity index (χ3n) is 2.71. The largest absolute Gasteiger partial charge is 0.397 e. The Morgan fingerprint density at radius 2 is 2.28 bits per heavy atom. The summed E-state index contributed by atoms with van der Waals surface area (Å²) in [7, 11) is 0. The number of carbonyl (C=O) groups excluding carboxylic acids is 1. The van der Waals surface area contributed by atoms with Crippen molar-refractivity contribution in [2.75, 3.05) is 11.1 Å². The number of aryl methyl sites for hydroxylation is 1. The SMILES string of the molecule is Cc1csc(C=C2C(=O)Nc3ncc(N)cc32)c1. The first-order valence-corrected chi connectivity index (χ1v) is 6.35. The van der Waals surface area contributed by atoms with Crippen LogP contribution < -0.4 is 11.1 Å². The second kappa shape index (κ2) is 3.96. The zero-order valence-electron chi connectivity index (χ0n) is 9.73. The van der Waals surface area contributed by atoms with Gasteiger partial charge in [-0.25, -0.2) is 4.98 Å². The highest BCUT2D eigenvalue weighted by molar-refractivity contribution is 7.11. The first-order chi connectivity index (χ1) is 8.63. The number of rotatable bonds is 1. The summed E-state index contributed by atoms with van der Waals surface area (Å²) in [6, 6.07) is 3.81. The molecular formula is C13H11N3OS. The van der Waals surface area contributed by atoms with Crippen molar-refractivity contribution >= 4 is 40.4 Å². The van der Waals surface area contributed by atoms with Crippen LogP contribution in [0.25, 0.3) is 11.6 Å². The summed E-state index contributed by atoms with van der Waals surface area (Å²) in [6.45, 7) is 2.03. The Morgan fingerprint density at radius 3 is 3.00 bits per heavy atom. The molecule has 0 spiro atoms. The summed E-state index contributed by atoms with van der Waals surface area (Å²) in [4.78, 5) is 17.1. The van der Waals surface area contributed by atoms with Gasteiger partial charge in [0.15, 0.2) is 0 Å². The maximum Gasteiger partial charge on any atom is 0.257 e. The van der Waals surface area contributed by atoms with Crippen LogP contribution in [0, 0.1) is 6.92 Å². The van der Waals surface area contributed by atoms with Gasteiger partial charge in [-0.15, -0.1) is 11.3 Å². The molecule has 3 N–H and O–H groups in total. The van der Waals surface area contributed by atoms with Crippen molar-refractivity contribution in [1.82, 2.24) is 4.98 Å². The third-order valence-corrected chi connectivity index (χ3v) is 3.71. The van der Waals surface area contributed by atoms with Gasteiger partial charge in [0.05, 0.1) is 17.5 Å². The number of nitrogens with zero attached hydrogens (tertiary/aromatic N) is 1. The van der Waals surface area contributed by atoms with Crippen molar-refractivity contribution in [3.63, 3.8) is 0 Å². The fourth-order valence-electron chi connectivity index (χ4n) is 1.90. The van der Waals surface area contributed by atoms with E-state index < -0.39 is 0 Å². The number of carbonyl (C=O) groups is 1. The van der Waals surface area contributed by atoms with Crippen LogP contribution in [0.4, 0.5) is 11.5 Å². The highest BCUT2D eigenvalue weighted by Gasteiger charge is 2.25. The minimum absolute atomic E-state index is 0.130. The number of amides is 1. The van der Waals surface area contributed by atoms with E-state index in [-0.39, 0.29) is 5.91 Å². The first-order valence-electron chi connectivity index (χ1n) is 5.47. The molecule has 0 saturated carbocycles. The summed E-state index contributed by atoms with van der Waals surface area (Å²) in [5, 5.41) is 4.79. The van der Waals surface area contributed by atoms with Gasteiger partial charge in [0.25, 0.3) is 5.91 Å². The zero-order chi connectivity index (χ0) is 12.7. The highest BCUT2D eigenvalue weighted by Crippen LogP contribution is 2.33. The molecule has 0 bridgehead atoms. The van der Waals surface area contributed by atoms with Crippen molar-refractivity contribution in [3.05, 3.63) is 39.7 Å². The Balaban J connectivity index is 2.11. The van der Waals surface area contributed by atoms with Crippen LogP contribution in [0.1, 0.15) is 16.0 Å². The van der Waals surface area contributed by atoms with E-state index >= 15 is 0 Å². The third kappa shape index (κ3) is 1.78. The Labute approximate surface area is 108 Å². The van der Waals surface area contributed by atoms with E-state index in [4.69, 9.17) is 5.73 Å². The molecular weight excluding hydrogens is 246 g/mol. The lowest BCUT2D eigenvalue weighted by Crippen LogP contribution is -2.04. The van der Waals surface area contributed by atoms with E-state index in [1.165, 1.54) is 11.8 Å². The molecule has 1 aliphatic heterocycles. The lowest BCUT2D eigenvalue weighted by molar-refractivity contribution is -0.110. The fraction of sp³-hybridized carbons (Fsp3) is 0.0769. The molecule has 3 heterocycles. The average molecular weight is 257 g/mol. The zero-order valence-corrected chi connectivity index (χ0v) is 10.5. The van der Waals surface area contributed by atoms with Gasteiger partial charge in [0.2, 0.25) is 0 Å².